The van der Waals surface area contributed by atoms with E-state index in [2.05, 4.69) is 5.32 Å². The van der Waals surface area contributed by atoms with E-state index in [0.29, 0.717) is 0 Å². The molecular formula is C9H13NO2S. The summed E-state index contributed by atoms with van der Waals surface area (Å²) >= 11 is 1.09. The third-order valence-electron chi connectivity index (χ3n) is 2.05. The summed E-state index contributed by atoms with van der Waals surface area (Å²) in [6, 6.07) is -0.366. The van der Waals surface area contributed by atoms with Crippen molar-refractivity contribution in [1.29, 1.82) is 0 Å². The Balaban J connectivity index is 2.79. The molecule has 0 bridgehead atoms. The molecule has 1 rings (SSSR count). The molecule has 1 aliphatic rings. The van der Waals surface area contributed by atoms with Gasteiger partial charge in [0.15, 0.2) is 5.78 Å². The lowest BCUT2D eigenvalue weighted by atomic mass is 9.96. The summed E-state index contributed by atoms with van der Waals surface area (Å²) < 4.78 is 0. The van der Waals surface area contributed by atoms with E-state index in [-0.39, 0.29) is 23.0 Å². The fraction of sp³-hybridized carbons (Fsp3) is 0.556. The number of carbonyl (C=O) groups is 2. The molecule has 0 saturated carbocycles. The Labute approximate surface area is 82.0 Å². The van der Waals surface area contributed by atoms with Crippen LogP contribution in [0.1, 0.15) is 20.3 Å². The molecular weight excluding hydrogens is 186 g/mol. The SMILES string of the molecule is CC[C@@H]1/C=C/SC(=O)N[C@@H](C)C1=O. The molecule has 0 aliphatic carbocycles. The molecule has 2 atom stereocenters. The Morgan fingerprint density at radius 3 is 2.85 bits per heavy atom. The molecule has 1 N–H and O–H groups in total. The van der Waals surface area contributed by atoms with Gasteiger partial charge in [-0.2, -0.15) is 0 Å². The van der Waals surface area contributed by atoms with Crippen LogP contribution in [0.25, 0.3) is 0 Å². The van der Waals surface area contributed by atoms with Crippen molar-refractivity contribution in [2.75, 3.05) is 0 Å². The maximum atomic E-state index is 11.6. The van der Waals surface area contributed by atoms with Crippen LogP contribution in [0.4, 0.5) is 4.79 Å². The average Bonchev–Trinajstić information content (AvgIpc) is 2.09. The lowest BCUT2D eigenvalue weighted by molar-refractivity contribution is -0.122. The second kappa shape index (κ2) is 4.46. The number of thioether (sulfide) groups is 1. The molecule has 1 amide bonds. The smallest absolute Gasteiger partial charge is 0.283 e. The van der Waals surface area contributed by atoms with Crippen LogP contribution < -0.4 is 5.32 Å². The number of Topliss-reactive ketones (excluding diaryl/α,β-unsaturated/α-hetero) is 1. The number of nitrogens with one attached hydrogen (secondary N) is 1. The van der Waals surface area contributed by atoms with Gasteiger partial charge >= 0.3 is 0 Å². The van der Waals surface area contributed by atoms with Gasteiger partial charge in [0.2, 0.25) is 0 Å². The van der Waals surface area contributed by atoms with E-state index >= 15 is 0 Å². The molecule has 0 fully saturated rings. The molecule has 4 heteroatoms. The molecule has 0 aromatic heterocycles. The number of carbonyl (C=O) groups excluding carboxylic acids is 2. The Hall–Kier alpha value is -0.770. The number of hydrogen-bond donors (Lipinski definition) is 1. The Morgan fingerprint density at radius 1 is 1.54 bits per heavy atom. The molecule has 3 nitrogen and oxygen atoms in total. The highest BCUT2D eigenvalue weighted by Gasteiger charge is 2.23. The monoisotopic (exact) mass is 199 g/mol. The zero-order valence-electron chi connectivity index (χ0n) is 7.74. The summed E-state index contributed by atoms with van der Waals surface area (Å²) in [5.74, 6) is 0.0375. The summed E-state index contributed by atoms with van der Waals surface area (Å²) in [5.41, 5.74) is 0. The van der Waals surface area contributed by atoms with Crippen molar-refractivity contribution in [1.82, 2.24) is 5.32 Å². The minimum Gasteiger partial charge on any atom is -0.337 e. The van der Waals surface area contributed by atoms with Gasteiger partial charge < -0.3 is 5.32 Å². The molecule has 13 heavy (non-hydrogen) atoms. The van der Waals surface area contributed by atoms with Gasteiger partial charge in [0.1, 0.15) is 0 Å². The van der Waals surface area contributed by atoms with Gasteiger partial charge in [0, 0.05) is 5.92 Å². The van der Waals surface area contributed by atoms with Gasteiger partial charge in [0.25, 0.3) is 5.24 Å². The van der Waals surface area contributed by atoms with Gasteiger partial charge in [0.05, 0.1) is 6.04 Å². The number of amides is 1. The molecule has 0 aromatic rings. The number of ketones is 1. The van der Waals surface area contributed by atoms with Crippen molar-refractivity contribution >= 4 is 22.8 Å². The highest BCUT2D eigenvalue weighted by atomic mass is 32.2. The average molecular weight is 199 g/mol. The molecule has 1 heterocycles. The normalized spacial score (nSPS) is 31.8. The van der Waals surface area contributed by atoms with E-state index in [4.69, 9.17) is 0 Å². The van der Waals surface area contributed by atoms with E-state index < -0.39 is 0 Å². The van der Waals surface area contributed by atoms with E-state index in [0.717, 1.165) is 18.2 Å². The van der Waals surface area contributed by atoms with Crippen molar-refractivity contribution < 1.29 is 9.59 Å². The first-order valence-corrected chi connectivity index (χ1v) is 5.20. The zero-order valence-corrected chi connectivity index (χ0v) is 8.56. The second-order valence-electron chi connectivity index (χ2n) is 3.02. The first-order valence-electron chi connectivity index (χ1n) is 4.32. The summed E-state index contributed by atoms with van der Waals surface area (Å²) in [6.45, 7) is 3.69. The maximum absolute atomic E-state index is 11.6. The molecule has 0 spiro atoms. The lowest BCUT2D eigenvalue weighted by Crippen LogP contribution is -2.40. The van der Waals surface area contributed by atoms with Crippen molar-refractivity contribution in [3.63, 3.8) is 0 Å². The predicted octanol–water partition coefficient (Wildman–Crippen LogP) is 1.94. The largest absolute Gasteiger partial charge is 0.337 e. The third kappa shape index (κ3) is 2.59. The van der Waals surface area contributed by atoms with E-state index in [9.17, 15) is 9.59 Å². The van der Waals surface area contributed by atoms with Crippen molar-refractivity contribution in [2.24, 2.45) is 5.92 Å². The summed E-state index contributed by atoms with van der Waals surface area (Å²) in [6.07, 6.45) is 2.60. The van der Waals surface area contributed by atoms with Crippen LogP contribution in [-0.2, 0) is 4.79 Å². The van der Waals surface area contributed by atoms with E-state index in [1.54, 1.807) is 12.3 Å². The first-order chi connectivity index (χ1) is 6.15. The first kappa shape index (κ1) is 10.3. The third-order valence-corrected chi connectivity index (χ3v) is 2.68. The molecule has 0 radical (unpaired) electrons. The molecule has 0 aromatic carbocycles. The molecule has 1 aliphatic heterocycles. The number of allylic oxidation sites excluding steroid dienone is 1. The van der Waals surface area contributed by atoms with Gasteiger partial charge in [-0.25, -0.2) is 0 Å². The molecule has 0 saturated heterocycles. The summed E-state index contributed by atoms with van der Waals surface area (Å²) in [5, 5.41) is 4.15. The van der Waals surface area contributed by atoms with Crippen LogP contribution >= 0.6 is 11.8 Å². The van der Waals surface area contributed by atoms with Crippen molar-refractivity contribution in [3.8, 4) is 0 Å². The van der Waals surface area contributed by atoms with Crippen molar-refractivity contribution in [3.05, 3.63) is 11.5 Å². The topological polar surface area (TPSA) is 46.2 Å². The fourth-order valence-electron chi connectivity index (χ4n) is 1.23. The summed E-state index contributed by atoms with van der Waals surface area (Å²) in [4.78, 5) is 22.6. The minimum atomic E-state index is -0.366. The van der Waals surface area contributed by atoms with E-state index in [1.165, 1.54) is 0 Å². The Morgan fingerprint density at radius 2 is 2.23 bits per heavy atom. The fourth-order valence-corrected chi connectivity index (χ4v) is 1.87. The van der Waals surface area contributed by atoms with Crippen LogP contribution in [0.15, 0.2) is 11.5 Å². The minimum absolute atomic E-state index is 0.0527. The highest BCUT2D eigenvalue weighted by molar-refractivity contribution is 8.16. The second-order valence-corrected chi connectivity index (χ2v) is 3.90. The quantitative estimate of drug-likeness (QED) is 0.702. The van der Waals surface area contributed by atoms with Crippen LogP contribution in [0.3, 0.4) is 0 Å². The summed E-state index contributed by atoms with van der Waals surface area (Å²) in [7, 11) is 0. The number of hydrogen-bond acceptors (Lipinski definition) is 3. The van der Waals surface area contributed by atoms with Crippen molar-refractivity contribution in [2.45, 2.75) is 26.3 Å². The maximum Gasteiger partial charge on any atom is 0.283 e. The Bertz CT molecular complexity index is 250. The van der Waals surface area contributed by atoms with Gasteiger partial charge in [-0.3, -0.25) is 9.59 Å². The zero-order chi connectivity index (χ0) is 9.84. The van der Waals surface area contributed by atoms with Gasteiger partial charge in [-0.1, -0.05) is 13.0 Å². The predicted molar refractivity (Wildman–Crippen MR) is 53.5 cm³/mol. The van der Waals surface area contributed by atoms with E-state index in [1.807, 2.05) is 13.0 Å². The van der Waals surface area contributed by atoms with Crippen LogP contribution in [0.5, 0.6) is 0 Å². The lowest BCUT2D eigenvalue weighted by Gasteiger charge is -2.18. The van der Waals surface area contributed by atoms with Gasteiger partial charge in [-0.15, -0.1) is 0 Å². The van der Waals surface area contributed by atoms with Crippen LogP contribution in [-0.4, -0.2) is 17.1 Å². The van der Waals surface area contributed by atoms with Gasteiger partial charge in [-0.05, 0) is 30.5 Å². The number of rotatable bonds is 1. The highest BCUT2D eigenvalue weighted by Crippen LogP contribution is 2.16. The Kier molecular flexibility index (Phi) is 3.54. The molecule has 0 unspecified atom stereocenters. The molecule has 72 valence electrons. The standard InChI is InChI=1S/C9H13NO2S/c1-3-7-4-5-13-9(12)10-6(2)8(7)11/h4-7H,3H2,1-2H3,(H,10,12)/b5-4+/t6-,7+/m0/s1. The van der Waals surface area contributed by atoms with Crippen LogP contribution in [0.2, 0.25) is 0 Å². The van der Waals surface area contributed by atoms with Crippen LogP contribution in [0, 0.1) is 5.92 Å².